The van der Waals surface area contributed by atoms with Crippen LogP contribution in [0.4, 0.5) is 0 Å². The molecule has 1 nitrogen and oxygen atoms in total. The Labute approximate surface area is 63.9 Å². The lowest BCUT2D eigenvalue weighted by Crippen LogP contribution is -2.05. The molecule has 0 unspecified atom stereocenters. The molecule has 0 aliphatic carbocycles. The molecule has 0 aromatic rings. The molecule has 2 heteroatoms. The minimum absolute atomic E-state index is 0.131. The highest BCUT2D eigenvalue weighted by Crippen LogP contribution is 1.99. The van der Waals surface area contributed by atoms with E-state index in [1.54, 1.807) is 0 Å². The number of hydrogen-bond donors (Lipinski definition) is 1. The van der Waals surface area contributed by atoms with E-state index in [9.17, 15) is 0 Å². The first-order valence-electron chi connectivity index (χ1n) is 2.66. The van der Waals surface area contributed by atoms with Gasteiger partial charge in [-0.05, 0) is 12.8 Å². The fourth-order valence-corrected chi connectivity index (χ4v) is 0.828. The number of halogens is 1. The predicted molar refractivity (Wildman–Crippen MR) is 44.3 cm³/mol. The summed E-state index contributed by atoms with van der Waals surface area (Å²) in [5, 5.41) is 8.93. The second kappa shape index (κ2) is 5.56. The minimum Gasteiger partial charge on any atom is -0.392 e. The lowest BCUT2D eigenvalue weighted by atomic mass is 10.2. The molecule has 0 aromatic heterocycles. The standard InChI is InChI=1S/C6H11IO/c1-2-3-4-6(8)5-7/h2,6,8H,1,3-5H2/t6-/m0/s1. The van der Waals surface area contributed by atoms with Crippen LogP contribution in [0.2, 0.25) is 0 Å². The van der Waals surface area contributed by atoms with Gasteiger partial charge in [0.25, 0.3) is 0 Å². The Hall–Kier alpha value is 0.430. The van der Waals surface area contributed by atoms with Crippen LogP contribution in [0, 0.1) is 0 Å². The van der Waals surface area contributed by atoms with Crippen molar-refractivity contribution in [1.82, 2.24) is 0 Å². The lowest BCUT2D eigenvalue weighted by Gasteiger charge is -2.01. The number of alkyl halides is 1. The third kappa shape index (κ3) is 4.59. The van der Waals surface area contributed by atoms with Crippen molar-refractivity contribution in [2.45, 2.75) is 18.9 Å². The molecule has 0 heterocycles. The first-order chi connectivity index (χ1) is 3.81. The van der Waals surface area contributed by atoms with E-state index in [2.05, 4.69) is 29.2 Å². The second-order valence-electron chi connectivity index (χ2n) is 1.67. The van der Waals surface area contributed by atoms with Gasteiger partial charge in [-0.25, -0.2) is 0 Å². The average Bonchev–Trinajstić information content (AvgIpc) is 1.83. The molecule has 0 radical (unpaired) electrons. The molecule has 0 bridgehead atoms. The maximum Gasteiger partial charge on any atom is 0.0632 e. The van der Waals surface area contributed by atoms with Gasteiger partial charge in [0.1, 0.15) is 0 Å². The van der Waals surface area contributed by atoms with Gasteiger partial charge in [0.15, 0.2) is 0 Å². The number of allylic oxidation sites excluding steroid dienone is 1. The van der Waals surface area contributed by atoms with Crippen molar-refractivity contribution in [1.29, 1.82) is 0 Å². The van der Waals surface area contributed by atoms with Crippen LogP contribution in [0.25, 0.3) is 0 Å². The van der Waals surface area contributed by atoms with E-state index in [1.807, 2.05) is 6.08 Å². The topological polar surface area (TPSA) is 20.2 Å². The molecule has 0 aliphatic heterocycles. The summed E-state index contributed by atoms with van der Waals surface area (Å²) in [6.45, 7) is 3.55. The zero-order chi connectivity index (χ0) is 6.41. The maximum atomic E-state index is 8.93. The van der Waals surface area contributed by atoms with Gasteiger partial charge in [-0.2, -0.15) is 0 Å². The average molecular weight is 226 g/mol. The van der Waals surface area contributed by atoms with Crippen LogP contribution in [0.15, 0.2) is 12.7 Å². The van der Waals surface area contributed by atoms with Crippen molar-refractivity contribution in [3.8, 4) is 0 Å². The van der Waals surface area contributed by atoms with Crippen molar-refractivity contribution >= 4 is 22.6 Å². The molecular weight excluding hydrogens is 215 g/mol. The van der Waals surface area contributed by atoms with E-state index in [4.69, 9.17) is 5.11 Å². The number of hydrogen-bond acceptors (Lipinski definition) is 1. The molecule has 0 saturated carbocycles. The van der Waals surface area contributed by atoms with Crippen LogP contribution >= 0.6 is 22.6 Å². The molecule has 0 saturated heterocycles. The van der Waals surface area contributed by atoms with E-state index >= 15 is 0 Å². The smallest absolute Gasteiger partial charge is 0.0632 e. The lowest BCUT2D eigenvalue weighted by molar-refractivity contribution is 0.193. The Morgan fingerprint density at radius 2 is 2.38 bits per heavy atom. The summed E-state index contributed by atoms with van der Waals surface area (Å²) in [5.41, 5.74) is 0. The fourth-order valence-electron chi connectivity index (χ4n) is 0.387. The molecule has 8 heavy (non-hydrogen) atoms. The largest absolute Gasteiger partial charge is 0.392 e. The van der Waals surface area contributed by atoms with Crippen LogP contribution in [-0.2, 0) is 0 Å². The van der Waals surface area contributed by atoms with Gasteiger partial charge in [-0.15, -0.1) is 6.58 Å². The normalized spacial score (nSPS) is 13.2. The highest BCUT2D eigenvalue weighted by Gasteiger charge is 1.96. The molecule has 0 amide bonds. The minimum atomic E-state index is -0.131. The van der Waals surface area contributed by atoms with Gasteiger partial charge >= 0.3 is 0 Å². The maximum absolute atomic E-state index is 8.93. The third-order valence-corrected chi connectivity index (χ3v) is 1.90. The quantitative estimate of drug-likeness (QED) is 0.440. The van der Waals surface area contributed by atoms with Gasteiger partial charge in [0.2, 0.25) is 0 Å². The summed E-state index contributed by atoms with van der Waals surface area (Å²) in [7, 11) is 0. The van der Waals surface area contributed by atoms with Gasteiger partial charge in [-0.3, -0.25) is 0 Å². The molecule has 0 fully saturated rings. The van der Waals surface area contributed by atoms with E-state index in [0.29, 0.717) is 0 Å². The summed E-state index contributed by atoms with van der Waals surface area (Å²) in [5.74, 6) is 0. The van der Waals surface area contributed by atoms with Crippen LogP contribution in [0.5, 0.6) is 0 Å². The molecule has 0 spiro atoms. The Bertz CT molecular complexity index is 63.5. The van der Waals surface area contributed by atoms with Crippen molar-refractivity contribution < 1.29 is 5.11 Å². The van der Waals surface area contributed by atoms with Crippen LogP contribution in [-0.4, -0.2) is 15.6 Å². The Morgan fingerprint density at radius 3 is 2.75 bits per heavy atom. The first kappa shape index (κ1) is 8.43. The van der Waals surface area contributed by atoms with Crippen molar-refractivity contribution in [2.24, 2.45) is 0 Å². The van der Waals surface area contributed by atoms with E-state index in [-0.39, 0.29) is 6.10 Å². The highest BCUT2D eigenvalue weighted by molar-refractivity contribution is 14.1. The summed E-state index contributed by atoms with van der Waals surface area (Å²) >= 11 is 2.17. The third-order valence-electron chi connectivity index (χ3n) is 0.882. The summed E-state index contributed by atoms with van der Waals surface area (Å²) in [6.07, 6.45) is 3.47. The monoisotopic (exact) mass is 226 g/mol. The van der Waals surface area contributed by atoms with Gasteiger partial charge in [-0.1, -0.05) is 28.7 Å². The number of aliphatic hydroxyl groups is 1. The van der Waals surface area contributed by atoms with Gasteiger partial charge < -0.3 is 5.11 Å². The molecule has 48 valence electrons. The number of rotatable bonds is 4. The van der Waals surface area contributed by atoms with Crippen molar-refractivity contribution in [3.63, 3.8) is 0 Å². The summed E-state index contributed by atoms with van der Waals surface area (Å²) in [6, 6.07) is 0. The number of aliphatic hydroxyl groups excluding tert-OH is 1. The van der Waals surface area contributed by atoms with Gasteiger partial charge in [0.05, 0.1) is 6.10 Å². The van der Waals surface area contributed by atoms with E-state index in [0.717, 1.165) is 17.3 Å². The van der Waals surface area contributed by atoms with Crippen molar-refractivity contribution in [3.05, 3.63) is 12.7 Å². The molecule has 0 rings (SSSR count). The van der Waals surface area contributed by atoms with Crippen LogP contribution in [0.1, 0.15) is 12.8 Å². The zero-order valence-corrected chi connectivity index (χ0v) is 6.97. The molecule has 0 aliphatic rings. The van der Waals surface area contributed by atoms with Crippen LogP contribution < -0.4 is 0 Å². The molecule has 0 aromatic carbocycles. The summed E-state index contributed by atoms with van der Waals surface area (Å²) < 4.78 is 0.825. The highest BCUT2D eigenvalue weighted by atomic mass is 127. The fraction of sp³-hybridized carbons (Fsp3) is 0.667. The first-order valence-corrected chi connectivity index (χ1v) is 4.18. The Balaban J connectivity index is 2.97. The summed E-state index contributed by atoms with van der Waals surface area (Å²) in [4.78, 5) is 0. The Kier molecular flexibility index (Phi) is 5.86. The van der Waals surface area contributed by atoms with Crippen LogP contribution in [0.3, 0.4) is 0 Å². The van der Waals surface area contributed by atoms with E-state index in [1.165, 1.54) is 0 Å². The zero-order valence-electron chi connectivity index (χ0n) is 4.81. The molecular formula is C6H11IO. The predicted octanol–water partition coefficient (Wildman–Crippen LogP) is 1.75. The Morgan fingerprint density at radius 1 is 1.75 bits per heavy atom. The SMILES string of the molecule is C=CCC[C@H](O)CI. The molecule has 1 N–H and O–H groups in total. The second-order valence-corrected chi connectivity index (χ2v) is 2.55. The van der Waals surface area contributed by atoms with Gasteiger partial charge in [0, 0.05) is 4.43 Å². The molecule has 1 atom stereocenters. The van der Waals surface area contributed by atoms with E-state index < -0.39 is 0 Å². The van der Waals surface area contributed by atoms with Crippen molar-refractivity contribution in [2.75, 3.05) is 4.43 Å².